The summed E-state index contributed by atoms with van der Waals surface area (Å²) in [5.41, 5.74) is 2.67. The van der Waals surface area contributed by atoms with Gasteiger partial charge in [0.05, 0.1) is 6.10 Å². The summed E-state index contributed by atoms with van der Waals surface area (Å²) in [6, 6.07) is 7.87. The maximum absolute atomic E-state index is 12.3. The first-order valence-electron chi connectivity index (χ1n) is 8.78. The fraction of sp³-hybridized carbons (Fsp3) is 0.474. The molecule has 0 bridgehead atoms. The molecule has 0 spiro atoms. The van der Waals surface area contributed by atoms with Crippen molar-refractivity contribution in [3.8, 4) is 11.5 Å². The summed E-state index contributed by atoms with van der Waals surface area (Å²) in [5.74, 6) is 1.08. The van der Waals surface area contributed by atoms with Crippen LogP contribution in [0.2, 0.25) is 0 Å². The highest BCUT2D eigenvalue weighted by Gasteiger charge is 2.21. The van der Waals surface area contributed by atoms with Gasteiger partial charge < -0.3 is 19.0 Å². The SMILES string of the molecule is Cc1ccc(-c2nc(C[S+]([O-])CC(=O)NCC3CCCO3)c(C)o2)cc1. The van der Waals surface area contributed by atoms with Gasteiger partial charge in [-0.05, 0) is 50.0 Å². The topological polar surface area (TPSA) is 87.4 Å². The predicted molar refractivity (Wildman–Crippen MR) is 100 cm³/mol. The number of ether oxygens (including phenoxy) is 1. The van der Waals surface area contributed by atoms with Crippen LogP contribution in [-0.2, 0) is 26.5 Å². The van der Waals surface area contributed by atoms with Gasteiger partial charge in [0.2, 0.25) is 5.89 Å². The Morgan fingerprint density at radius 1 is 1.35 bits per heavy atom. The molecule has 2 aromatic rings. The van der Waals surface area contributed by atoms with Gasteiger partial charge in [0.15, 0.2) is 11.5 Å². The van der Waals surface area contributed by atoms with Gasteiger partial charge in [-0.3, -0.25) is 4.79 Å². The molecule has 1 aliphatic rings. The molecule has 1 amide bonds. The third-order valence-electron chi connectivity index (χ3n) is 4.33. The molecule has 0 radical (unpaired) electrons. The molecule has 7 heteroatoms. The first kappa shape index (κ1) is 18.9. The Balaban J connectivity index is 1.52. The van der Waals surface area contributed by atoms with Gasteiger partial charge >= 0.3 is 0 Å². The van der Waals surface area contributed by atoms with E-state index in [1.54, 1.807) is 6.92 Å². The fourth-order valence-corrected chi connectivity index (χ4v) is 3.88. The molecular weight excluding hydrogens is 352 g/mol. The maximum Gasteiger partial charge on any atom is 0.270 e. The van der Waals surface area contributed by atoms with E-state index in [2.05, 4.69) is 10.3 Å². The first-order chi connectivity index (χ1) is 12.5. The van der Waals surface area contributed by atoms with Crippen molar-refractivity contribution in [1.82, 2.24) is 10.3 Å². The number of hydrogen-bond acceptors (Lipinski definition) is 5. The van der Waals surface area contributed by atoms with E-state index >= 15 is 0 Å². The van der Waals surface area contributed by atoms with E-state index in [1.807, 2.05) is 31.2 Å². The van der Waals surface area contributed by atoms with Gasteiger partial charge in [0, 0.05) is 18.7 Å². The van der Waals surface area contributed by atoms with Crippen LogP contribution in [0.4, 0.5) is 0 Å². The van der Waals surface area contributed by atoms with E-state index in [-0.39, 0.29) is 23.5 Å². The van der Waals surface area contributed by atoms with Crippen molar-refractivity contribution in [3.63, 3.8) is 0 Å². The molecule has 1 aromatic heterocycles. The number of carbonyl (C=O) groups excluding carboxylic acids is 1. The summed E-state index contributed by atoms with van der Waals surface area (Å²) >= 11 is -1.34. The zero-order valence-corrected chi connectivity index (χ0v) is 15.9. The van der Waals surface area contributed by atoms with Crippen molar-refractivity contribution in [3.05, 3.63) is 41.3 Å². The molecular formula is C19H24N2O4S. The quantitative estimate of drug-likeness (QED) is 0.750. The number of aromatic nitrogens is 1. The third kappa shape index (κ3) is 5.09. The molecule has 1 aromatic carbocycles. The van der Waals surface area contributed by atoms with Crippen LogP contribution in [-0.4, -0.2) is 40.5 Å². The first-order valence-corrected chi connectivity index (χ1v) is 10.3. The Bertz CT molecular complexity index is 738. The van der Waals surface area contributed by atoms with Crippen molar-refractivity contribution in [2.45, 2.75) is 38.5 Å². The lowest BCUT2D eigenvalue weighted by atomic mass is 10.1. The average Bonchev–Trinajstić information content (AvgIpc) is 3.24. The number of aryl methyl sites for hydroxylation is 2. The van der Waals surface area contributed by atoms with Crippen LogP contribution >= 0.6 is 0 Å². The van der Waals surface area contributed by atoms with E-state index in [9.17, 15) is 9.35 Å². The van der Waals surface area contributed by atoms with Gasteiger partial charge in [0.1, 0.15) is 11.5 Å². The second-order valence-corrected chi connectivity index (χ2v) is 8.01. The minimum Gasteiger partial charge on any atom is -0.616 e. The molecule has 2 unspecified atom stereocenters. The van der Waals surface area contributed by atoms with E-state index in [4.69, 9.17) is 9.15 Å². The van der Waals surface area contributed by atoms with E-state index in [0.29, 0.717) is 23.9 Å². The van der Waals surface area contributed by atoms with E-state index < -0.39 is 11.2 Å². The summed E-state index contributed by atoms with van der Waals surface area (Å²) in [6.07, 6.45) is 2.08. The van der Waals surface area contributed by atoms with Gasteiger partial charge in [0.25, 0.3) is 5.91 Å². The predicted octanol–water partition coefficient (Wildman–Crippen LogP) is 2.50. The lowest BCUT2D eigenvalue weighted by molar-refractivity contribution is -0.119. The lowest BCUT2D eigenvalue weighted by Gasteiger charge is -2.12. The standard InChI is InChI=1S/C19H24N2O4S/c1-13-5-7-15(8-6-13)19-21-17(14(2)25-19)11-26(23)12-18(22)20-10-16-4-3-9-24-16/h5-8,16H,3-4,9-12H2,1-2H3,(H,20,22). The summed E-state index contributed by atoms with van der Waals surface area (Å²) in [7, 11) is 0. The van der Waals surface area contributed by atoms with Crippen LogP contribution in [0.3, 0.4) is 0 Å². The Labute approximate surface area is 156 Å². The molecule has 140 valence electrons. The van der Waals surface area contributed by atoms with Gasteiger partial charge in [-0.15, -0.1) is 0 Å². The van der Waals surface area contributed by atoms with Crippen LogP contribution < -0.4 is 5.32 Å². The average molecular weight is 376 g/mol. The summed E-state index contributed by atoms with van der Waals surface area (Å²) in [5, 5.41) is 2.79. The molecule has 0 saturated carbocycles. The second kappa shape index (κ2) is 8.70. The number of benzene rings is 1. The van der Waals surface area contributed by atoms with Crippen molar-refractivity contribution in [2.24, 2.45) is 0 Å². The van der Waals surface area contributed by atoms with Crippen molar-refractivity contribution < 1.29 is 18.5 Å². The monoisotopic (exact) mass is 376 g/mol. The van der Waals surface area contributed by atoms with Crippen LogP contribution in [0, 0.1) is 13.8 Å². The normalized spacial score (nSPS) is 18.0. The van der Waals surface area contributed by atoms with Crippen LogP contribution in [0.25, 0.3) is 11.5 Å². The number of nitrogens with one attached hydrogen (secondary N) is 1. The van der Waals surface area contributed by atoms with E-state index in [1.165, 1.54) is 0 Å². The maximum atomic E-state index is 12.3. The Morgan fingerprint density at radius 3 is 2.81 bits per heavy atom. The van der Waals surface area contributed by atoms with Crippen molar-refractivity contribution in [1.29, 1.82) is 0 Å². The molecule has 26 heavy (non-hydrogen) atoms. The highest BCUT2D eigenvalue weighted by molar-refractivity contribution is 7.91. The number of hydrogen-bond donors (Lipinski definition) is 1. The zero-order chi connectivity index (χ0) is 18.5. The highest BCUT2D eigenvalue weighted by Crippen LogP contribution is 2.23. The Hall–Kier alpha value is -1.83. The largest absolute Gasteiger partial charge is 0.616 e. The number of carbonyl (C=O) groups is 1. The molecule has 6 nitrogen and oxygen atoms in total. The Morgan fingerprint density at radius 2 is 2.12 bits per heavy atom. The molecule has 0 aliphatic carbocycles. The third-order valence-corrected chi connectivity index (χ3v) is 5.51. The Kier molecular flexibility index (Phi) is 6.34. The lowest BCUT2D eigenvalue weighted by Crippen LogP contribution is -2.36. The zero-order valence-electron chi connectivity index (χ0n) is 15.1. The molecule has 2 heterocycles. The van der Waals surface area contributed by atoms with Gasteiger partial charge in [-0.25, -0.2) is 4.98 Å². The molecule has 1 saturated heterocycles. The molecule has 3 rings (SSSR count). The highest BCUT2D eigenvalue weighted by atomic mass is 32.2. The van der Waals surface area contributed by atoms with Crippen LogP contribution in [0.1, 0.15) is 29.9 Å². The number of rotatable bonds is 7. The molecule has 2 atom stereocenters. The van der Waals surface area contributed by atoms with Crippen molar-refractivity contribution >= 4 is 17.1 Å². The molecule has 1 aliphatic heterocycles. The minimum absolute atomic E-state index is 0.0428. The second-order valence-electron chi connectivity index (χ2n) is 6.56. The van der Waals surface area contributed by atoms with Crippen LogP contribution in [0.5, 0.6) is 0 Å². The molecule has 1 N–H and O–H groups in total. The van der Waals surface area contributed by atoms with Crippen LogP contribution in [0.15, 0.2) is 28.7 Å². The van der Waals surface area contributed by atoms with Gasteiger partial charge in [-0.2, -0.15) is 0 Å². The summed E-state index contributed by atoms with van der Waals surface area (Å²) < 4.78 is 23.5. The smallest absolute Gasteiger partial charge is 0.270 e. The fourth-order valence-electron chi connectivity index (χ4n) is 2.82. The van der Waals surface area contributed by atoms with Gasteiger partial charge in [-0.1, -0.05) is 17.7 Å². The summed E-state index contributed by atoms with van der Waals surface area (Å²) in [4.78, 5) is 16.4. The van der Waals surface area contributed by atoms with Crippen molar-refractivity contribution in [2.75, 3.05) is 18.9 Å². The number of oxazole rings is 1. The molecule has 1 fully saturated rings. The summed E-state index contributed by atoms with van der Waals surface area (Å²) in [6.45, 7) is 5.05. The minimum atomic E-state index is -1.34. The number of amides is 1. The number of nitrogens with zero attached hydrogens (tertiary/aromatic N) is 1. The van der Waals surface area contributed by atoms with E-state index in [0.717, 1.165) is 30.6 Å².